The molecule has 7 nitrogen and oxygen atoms in total. The van der Waals surface area contributed by atoms with Gasteiger partial charge in [0.05, 0.1) is 12.6 Å². The van der Waals surface area contributed by atoms with Gasteiger partial charge in [-0.15, -0.1) is 0 Å². The molecule has 1 aliphatic heterocycles. The van der Waals surface area contributed by atoms with Crippen LogP contribution in [0.15, 0.2) is 0 Å². The molecule has 7 heteroatoms. The van der Waals surface area contributed by atoms with E-state index in [1.54, 1.807) is 19.0 Å². The lowest BCUT2D eigenvalue weighted by atomic mass is 10.2. The average molecular weight is 284 g/mol. The Morgan fingerprint density at radius 2 is 1.85 bits per heavy atom. The maximum Gasteiger partial charge on any atom is 0.239 e. The fourth-order valence-electron chi connectivity index (χ4n) is 2.27. The Morgan fingerprint density at radius 3 is 2.45 bits per heavy atom. The molecule has 0 bridgehead atoms. The summed E-state index contributed by atoms with van der Waals surface area (Å²) in [5.41, 5.74) is 0. The monoisotopic (exact) mass is 284 g/mol. The van der Waals surface area contributed by atoms with Crippen molar-refractivity contribution in [2.75, 3.05) is 40.3 Å². The van der Waals surface area contributed by atoms with E-state index >= 15 is 0 Å². The lowest BCUT2D eigenvalue weighted by Crippen LogP contribution is -2.47. The lowest BCUT2D eigenvalue weighted by molar-refractivity contribution is -0.134. The first-order valence-electron chi connectivity index (χ1n) is 6.88. The van der Waals surface area contributed by atoms with Crippen LogP contribution in [0.3, 0.4) is 0 Å². The zero-order valence-corrected chi connectivity index (χ0v) is 12.4. The molecule has 2 N–H and O–H groups in total. The minimum Gasteiger partial charge on any atom is -0.355 e. The summed E-state index contributed by atoms with van der Waals surface area (Å²) < 4.78 is 0. The van der Waals surface area contributed by atoms with Crippen LogP contribution in [0.1, 0.15) is 19.8 Å². The summed E-state index contributed by atoms with van der Waals surface area (Å²) in [6.45, 7) is 3.25. The highest BCUT2D eigenvalue weighted by Gasteiger charge is 2.32. The molecule has 114 valence electrons. The smallest absolute Gasteiger partial charge is 0.239 e. The summed E-state index contributed by atoms with van der Waals surface area (Å²) in [6, 6.07) is -0.189. The van der Waals surface area contributed by atoms with E-state index < -0.39 is 0 Å². The van der Waals surface area contributed by atoms with Crippen molar-refractivity contribution >= 4 is 17.7 Å². The van der Waals surface area contributed by atoms with Gasteiger partial charge in [-0.3, -0.25) is 19.3 Å². The van der Waals surface area contributed by atoms with Crippen LogP contribution in [0.4, 0.5) is 0 Å². The first-order valence-corrected chi connectivity index (χ1v) is 6.88. The number of rotatable bonds is 6. The van der Waals surface area contributed by atoms with Gasteiger partial charge in [0, 0.05) is 34.1 Å². The molecular formula is C13H24N4O3. The second kappa shape index (κ2) is 7.84. The highest BCUT2D eigenvalue weighted by atomic mass is 16.2. The molecule has 1 rings (SSSR count). The van der Waals surface area contributed by atoms with Gasteiger partial charge in [0.15, 0.2) is 0 Å². The number of likely N-dealkylation sites (N-methyl/N-ethyl adjacent to an activating group) is 1. The van der Waals surface area contributed by atoms with Gasteiger partial charge >= 0.3 is 0 Å². The molecule has 1 saturated heterocycles. The lowest BCUT2D eigenvalue weighted by Gasteiger charge is -2.25. The molecule has 0 aromatic carbocycles. The third-order valence-corrected chi connectivity index (χ3v) is 3.26. The van der Waals surface area contributed by atoms with Crippen molar-refractivity contribution in [3.05, 3.63) is 0 Å². The van der Waals surface area contributed by atoms with Crippen molar-refractivity contribution in [1.29, 1.82) is 0 Å². The third-order valence-electron chi connectivity index (χ3n) is 3.26. The molecule has 0 aliphatic carbocycles. The van der Waals surface area contributed by atoms with Crippen molar-refractivity contribution in [3.63, 3.8) is 0 Å². The van der Waals surface area contributed by atoms with Crippen molar-refractivity contribution in [1.82, 2.24) is 20.4 Å². The van der Waals surface area contributed by atoms with E-state index in [1.807, 2.05) is 4.90 Å². The first-order chi connectivity index (χ1) is 9.41. The van der Waals surface area contributed by atoms with E-state index in [0.717, 1.165) is 19.4 Å². The van der Waals surface area contributed by atoms with E-state index in [9.17, 15) is 14.4 Å². The Morgan fingerprint density at radius 1 is 1.20 bits per heavy atom. The minimum absolute atomic E-state index is 0.0496. The zero-order valence-electron chi connectivity index (χ0n) is 12.4. The van der Waals surface area contributed by atoms with E-state index in [-0.39, 0.29) is 30.3 Å². The molecule has 3 amide bonds. The van der Waals surface area contributed by atoms with E-state index in [4.69, 9.17) is 0 Å². The zero-order chi connectivity index (χ0) is 15.1. The Hall–Kier alpha value is -1.63. The molecule has 0 saturated carbocycles. The van der Waals surface area contributed by atoms with Gasteiger partial charge in [-0.1, -0.05) is 0 Å². The van der Waals surface area contributed by atoms with Crippen LogP contribution in [0.5, 0.6) is 0 Å². The van der Waals surface area contributed by atoms with Crippen LogP contribution in [0.2, 0.25) is 0 Å². The number of nitrogens with one attached hydrogen (secondary N) is 2. The molecule has 1 heterocycles. The van der Waals surface area contributed by atoms with Crippen molar-refractivity contribution in [2.45, 2.75) is 25.8 Å². The third kappa shape index (κ3) is 5.16. The quantitative estimate of drug-likeness (QED) is 0.600. The van der Waals surface area contributed by atoms with Gasteiger partial charge in [0.1, 0.15) is 0 Å². The van der Waals surface area contributed by atoms with Crippen LogP contribution in [-0.2, 0) is 14.4 Å². The van der Waals surface area contributed by atoms with Crippen molar-refractivity contribution in [3.8, 4) is 0 Å². The summed E-state index contributed by atoms with van der Waals surface area (Å²) in [5, 5.41) is 5.34. The number of nitrogens with zero attached hydrogens (tertiary/aromatic N) is 2. The first kappa shape index (κ1) is 16.4. The molecule has 0 aromatic rings. The van der Waals surface area contributed by atoms with Crippen LogP contribution in [0.25, 0.3) is 0 Å². The van der Waals surface area contributed by atoms with Gasteiger partial charge in [-0.05, 0) is 19.4 Å². The van der Waals surface area contributed by atoms with Crippen LogP contribution in [0, 0.1) is 0 Å². The van der Waals surface area contributed by atoms with Gasteiger partial charge in [-0.25, -0.2) is 0 Å². The van der Waals surface area contributed by atoms with Gasteiger partial charge in [0.2, 0.25) is 17.7 Å². The average Bonchev–Trinajstić information content (AvgIpc) is 2.81. The van der Waals surface area contributed by atoms with Crippen molar-refractivity contribution in [2.24, 2.45) is 0 Å². The van der Waals surface area contributed by atoms with E-state index in [0.29, 0.717) is 13.1 Å². The summed E-state index contributed by atoms with van der Waals surface area (Å²) in [4.78, 5) is 37.9. The normalized spacial score (nSPS) is 18.6. The number of hydrogen-bond donors (Lipinski definition) is 2. The number of likely N-dealkylation sites (tertiary alicyclic amines) is 1. The molecule has 0 radical (unpaired) electrons. The number of hydrogen-bond acceptors (Lipinski definition) is 4. The molecule has 1 atom stereocenters. The van der Waals surface area contributed by atoms with Gasteiger partial charge < -0.3 is 15.5 Å². The molecular weight excluding hydrogens is 260 g/mol. The number of carbonyl (C=O) groups excluding carboxylic acids is 3. The van der Waals surface area contributed by atoms with Crippen LogP contribution < -0.4 is 10.6 Å². The second-order valence-electron chi connectivity index (χ2n) is 5.19. The largest absolute Gasteiger partial charge is 0.355 e. The Labute approximate surface area is 119 Å². The SMILES string of the molecule is CC(=O)NCCNC(=O)CN1CCCC1C(=O)N(C)C. The van der Waals surface area contributed by atoms with E-state index in [2.05, 4.69) is 10.6 Å². The summed E-state index contributed by atoms with van der Waals surface area (Å²) in [5.74, 6) is -0.183. The van der Waals surface area contributed by atoms with Crippen LogP contribution >= 0.6 is 0 Å². The Balaban J connectivity index is 2.33. The second-order valence-corrected chi connectivity index (χ2v) is 5.19. The molecule has 1 unspecified atom stereocenters. The fraction of sp³-hybridized carbons (Fsp3) is 0.769. The summed E-state index contributed by atoms with van der Waals surface area (Å²) in [7, 11) is 3.46. The summed E-state index contributed by atoms with van der Waals surface area (Å²) in [6.07, 6.45) is 1.74. The maximum absolute atomic E-state index is 12.0. The molecule has 0 aromatic heterocycles. The van der Waals surface area contributed by atoms with Gasteiger partial charge in [0.25, 0.3) is 0 Å². The van der Waals surface area contributed by atoms with Crippen molar-refractivity contribution < 1.29 is 14.4 Å². The van der Waals surface area contributed by atoms with E-state index in [1.165, 1.54) is 6.92 Å². The molecule has 1 aliphatic rings. The van der Waals surface area contributed by atoms with Crippen LogP contribution in [-0.4, -0.2) is 73.8 Å². The van der Waals surface area contributed by atoms with Gasteiger partial charge in [-0.2, -0.15) is 0 Å². The Bertz CT molecular complexity index is 371. The fourth-order valence-corrected chi connectivity index (χ4v) is 2.27. The topological polar surface area (TPSA) is 81.8 Å². The standard InChI is InChI=1S/C13H24N4O3/c1-10(18)14-6-7-15-12(19)9-17-8-4-5-11(17)13(20)16(2)3/h11H,4-9H2,1-3H3,(H,14,18)(H,15,19). The summed E-state index contributed by atoms with van der Waals surface area (Å²) >= 11 is 0. The predicted octanol–water partition coefficient (Wildman–Crippen LogP) is -1.21. The Kier molecular flexibility index (Phi) is 6.44. The highest BCUT2D eigenvalue weighted by molar-refractivity contribution is 5.83. The molecule has 0 spiro atoms. The molecule has 20 heavy (non-hydrogen) atoms. The number of amides is 3. The minimum atomic E-state index is -0.189. The predicted molar refractivity (Wildman–Crippen MR) is 75.0 cm³/mol. The molecule has 1 fully saturated rings. The highest BCUT2D eigenvalue weighted by Crippen LogP contribution is 2.17. The number of carbonyl (C=O) groups is 3. The maximum atomic E-state index is 12.0.